The van der Waals surface area contributed by atoms with E-state index in [9.17, 15) is 0 Å². The largest absolute Gasteiger partial charge is 0.376 e. The molecule has 0 saturated carbocycles. The van der Waals surface area contributed by atoms with Crippen LogP contribution in [0.5, 0.6) is 0 Å². The van der Waals surface area contributed by atoms with Gasteiger partial charge >= 0.3 is 0 Å². The summed E-state index contributed by atoms with van der Waals surface area (Å²) in [6.45, 7) is 4.43. The number of morpholine rings is 1. The van der Waals surface area contributed by atoms with Crippen LogP contribution in [0.15, 0.2) is 48.5 Å². The molecule has 27 heavy (non-hydrogen) atoms. The van der Waals surface area contributed by atoms with Crippen molar-refractivity contribution in [3.8, 4) is 11.8 Å². The van der Waals surface area contributed by atoms with Gasteiger partial charge in [-0.25, -0.2) is 0 Å². The van der Waals surface area contributed by atoms with Gasteiger partial charge in [0.1, 0.15) is 13.3 Å². The van der Waals surface area contributed by atoms with Crippen LogP contribution < -0.4 is 4.90 Å². The number of anilines is 1. The number of rotatable bonds is 2. The molecule has 0 aliphatic carbocycles. The Bertz CT molecular complexity index is 797. The summed E-state index contributed by atoms with van der Waals surface area (Å²) in [6.07, 6.45) is 5.24. The predicted molar refractivity (Wildman–Crippen MR) is 114 cm³/mol. The first-order valence-corrected chi connectivity index (χ1v) is 10.2. The number of hydrogen-bond acceptors (Lipinski definition) is 2. The molecule has 2 aromatic carbocycles. The molecule has 0 bridgehead atoms. The second-order valence-electron chi connectivity index (χ2n) is 7.64. The summed E-state index contributed by atoms with van der Waals surface area (Å²) in [5, 5.41) is 0. The third kappa shape index (κ3) is 4.57. The molecule has 2 aliphatic heterocycles. The summed E-state index contributed by atoms with van der Waals surface area (Å²) in [6, 6.07) is 17.7. The van der Waals surface area contributed by atoms with Gasteiger partial charge in [-0.1, -0.05) is 72.8 Å². The first kappa shape index (κ1) is 18.2. The number of benzene rings is 2. The van der Waals surface area contributed by atoms with E-state index >= 15 is 0 Å². The van der Waals surface area contributed by atoms with Crippen molar-refractivity contribution in [1.29, 1.82) is 0 Å². The van der Waals surface area contributed by atoms with Gasteiger partial charge in [0, 0.05) is 17.8 Å². The topological polar surface area (TPSA) is 12.5 Å². The monoisotopic (exact) mass is 356 g/mol. The van der Waals surface area contributed by atoms with Gasteiger partial charge in [-0.15, -0.1) is 0 Å². The van der Waals surface area contributed by atoms with Crippen molar-refractivity contribution >= 4 is 13.0 Å². The minimum absolute atomic E-state index is 0.104. The van der Waals surface area contributed by atoms with Gasteiger partial charge in [0.15, 0.2) is 0 Å². The molecule has 0 spiro atoms. The normalized spacial score (nSPS) is 22.5. The van der Waals surface area contributed by atoms with Crippen LogP contribution in [0.4, 0.5) is 5.69 Å². The first-order valence-electron chi connectivity index (χ1n) is 10.2. The maximum Gasteiger partial charge on any atom is 0.119 e. The summed E-state index contributed by atoms with van der Waals surface area (Å²) in [4.78, 5) is 2.36. The Balaban J connectivity index is 1.47. The van der Waals surface area contributed by atoms with E-state index in [-0.39, 0.29) is 6.04 Å². The Morgan fingerprint density at radius 2 is 1.85 bits per heavy atom. The average molecular weight is 356 g/mol. The van der Waals surface area contributed by atoms with E-state index in [0.29, 0.717) is 12.4 Å². The highest BCUT2D eigenvalue weighted by Gasteiger charge is 2.21. The van der Waals surface area contributed by atoms with E-state index in [2.05, 4.69) is 79.5 Å². The molecule has 2 atom stereocenters. The smallest absolute Gasteiger partial charge is 0.119 e. The quantitative estimate of drug-likeness (QED) is 0.576. The van der Waals surface area contributed by atoms with Crippen LogP contribution in [-0.4, -0.2) is 33.1 Å². The lowest BCUT2D eigenvalue weighted by Crippen LogP contribution is -2.44. The lowest BCUT2D eigenvalue weighted by atomic mass is 9.54. The summed E-state index contributed by atoms with van der Waals surface area (Å²) in [5.74, 6) is 7.45. The van der Waals surface area contributed by atoms with Crippen molar-refractivity contribution in [2.75, 3.05) is 24.7 Å². The molecule has 0 amide bonds. The fourth-order valence-corrected chi connectivity index (χ4v) is 4.00. The fourth-order valence-electron chi connectivity index (χ4n) is 4.00. The van der Waals surface area contributed by atoms with Crippen molar-refractivity contribution in [3.63, 3.8) is 0 Å². The number of ether oxygens (including phenoxy) is 1. The second-order valence-corrected chi connectivity index (χ2v) is 7.64. The van der Waals surface area contributed by atoms with Crippen LogP contribution in [-0.2, 0) is 4.74 Å². The minimum atomic E-state index is 0.104. The molecule has 2 saturated heterocycles. The Kier molecular flexibility index (Phi) is 5.85. The molecule has 2 heterocycles. The first-order chi connectivity index (χ1) is 13.3. The van der Waals surface area contributed by atoms with Crippen molar-refractivity contribution in [1.82, 2.24) is 0 Å². The molecule has 3 heteroatoms. The Hall–Kier alpha value is -2.18. The van der Waals surface area contributed by atoms with Gasteiger partial charge in [-0.05, 0) is 37.0 Å². The fraction of sp³-hybridized carbons (Fsp3) is 0.417. The van der Waals surface area contributed by atoms with E-state index in [1.165, 1.54) is 42.4 Å². The van der Waals surface area contributed by atoms with E-state index in [1.54, 1.807) is 0 Å². The lowest BCUT2D eigenvalue weighted by molar-refractivity contribution is 0.108. The average Bonchev–Trinajstić information content (AvgIpc) is 2.74. The van der Waals surface area contributed by atoms with Crippen LogP contribution in [0.3, 0.4) is 0 Å². The van der Waals surface area contributed by atoms with Gasteiger partial charge < -0.3 is 9.64 Å². The van der Waals surface area contributed by atoms with Crippen LogP contribution >= 0.6 is 0 Å². The zero-order valence-corrected chi connectivity index (χ0v) is 16.2. The van der Waals surface area contributed by atoms with E-state index in [0.717, 1.165) is 18.7 Å². The zero-order valence-electron chi connectivity index (χ0n) is 16.2. The van der Waals surface area contributed by atoms with Crippen molar-refractivity contribution in [3.05, 3.63) is 65.2 Å². The molecule has 4 rings (SSSR count). The molecule has 2 aromatic rings. The van der Waals surface area contributed by atoms with Crippen molar-refractivity contribution in [2.45, 2.75) is 44.4 Å². The standard InChI is InChI=1S/C24H27BNO/c1-19-5-12-22(13-6-19)26-16-17-27-18-23(26)14-9-20-7-10-21(11-8-20)24-4-2-3-15-25-24/h5-8,10-13,23-24H,2-4,15-18H2,1H3. The molecule has 2 nitrogen and oxygen atoms in total. The maximum atomic E-state index is 5.70. The van der Waals surface area contributed by atoms with Gasteiger partial charge in [0.25, 0.3) is 0 Å². The number of nitrogens with zero attached hydrogens (tertiary/aromatic N) is 1. The summed E-state index contributed by atoms with van der Waals surface area (Å²) < 4.78 is 5.70. The number of hydrogen-bond donors (Lipinski definition) is 0. The molecule has 0 aromatic heterocycles. The molecule has 0 N–H and O–H groups in total. The van der Waals surface area contributed by atoms with Crippen LogP contribution in [0.2, 0.25) is 6.32 Å². The second kappa shape index (κ2) is 8.68. The molecule has 137 valence electrons. The molecular weight excluding hydrogens is 329 g/mol. The highest BCUT2D eigenvalue weighted by molar-refractivity contribution is 6.38. The molecule has 1 radical (unpaired) electrons. The van der Waals surface area contributed by atoms with Gasteiger partial charge in [0.05, 0.1) is 13.2 Å². The lowest BCUT2D eigenvalue weighted by Gasteiger charge is -2.34. The van der Waals surface area contributed by atoms with E-state index in [1.807, 2.05) is 0 Å². The Morgan fingerprint density at radius 1 is 1.04 bits per heavy atom. The molecule has 2 fully saturated rings. The highest BCUT2D eigenvalue weighted by Crippen LogP contribution is 2.27. The maximum absolute atomic E-state index is 5.70. The molecular formula is C24H27BNO. The summed E-state index contributed by atoms with van der Waals surface area (Å²) in [5.41, 5.74) is 5.03. The third-order valence-corrected chi connectivity index (χ3v) is 5.64. The predicted octanol–water partition coefficient (Wildman–Crippen LogP) is 4.60. The molecule has 2 aliphatic rings. The van der Waals surface area contributed by atoms with Gasteiger partial charge in [-0.3, -0.25) is 0 Å². The van der Waals surface area contributed by atoms with E-state index in [4.69, 9.17) is 4.74 Å². The van der Waals surface area contributed by atoms with Gasteiger partial charge in [-0.2, -0.15) is 0 Å². The van der Waals surface area contributed by atoms with Crippen LogP contribution in [0.25, 0.3) is 0 Å². The van der Waals surface area contributed by atoms with Crippen LogP contribution in [0.1, 0.15) is 41.8 Å². The van der Waals surface area contributed by atoms with Crippen molar-refractivity contribution in [2.24, 2.45) is 0 Å². The zero-order chi connectivity index (χ0) is 18.5. The SMILES string of the molecule is Cc1ccc(N2CCOCC2C#Cc2ccc(C3[B]CCCC3)cc2)cc1. The van der Waals surface area contributed by atoms with Crippen molar-refractivity contribution < 1.29 is 4.74 Å². The van der Waals surface area contributed by atoms with Gasteiger partial charge in [0.2, 0.25) is 0 Å². The number of aryl methyl sites for hydroxylation is 1. The Morgan fingerprint density at radius 3 is 2.59 bits per heavy atom. The summed E-state index contributed by atoms with van der Waals surface area (Å²) in [7, 11) is 2.48. The van der Waals surface area contributed by atoms with Crippen LogP contribution in [0, 0.1) is 18.8 Å². The third-order valence-electron chi connectivity index (χ3n) is 5.64. The Labute approximate surface area is 164 Å². The van der Waals surface area contributed by atoms with E-state index < -0.39 is 0 Å². The molecule has 2 unspecified atom stereocenters. The minimum Gasteiger partial charge on any atom is -0.376 e. The highest BCUT2D eigenvalue weighted by atomic mass is 16.5. The summed E-state index contributed by atoms with van der Waals surface area (Å²) >= 11 is 0.